The molecule has 38 heavy (non-hydrogen) atoms. The molecule has 7 nitrogen and oxygen atoms in total. The second-order valence-corrected chi connectivity index (χ2v) is 9.93. The summed E-state index contributed by atoms with van der Waals surface area (Å²) >= 11 is 6.17. The predicted octanol–water partition coefficient (Wildman–Crippen LogP) is 4.30. The third kappa shape index (κ3) is 3.58. The number of nitrogens with zero attached hydrogens (tertiary/aromatic N) is 1. The third-order valence-corrected chi connectivity index (χ3v) is 7.37. The summed E-state index contributed by atoms with van der Waals surface area (Å²) in [7, 11) is 0. The van der Waals surface area contributed by atoms with Crippen LogP contribution in [0.25, 0.3) is 0 Å². The second-order valence-electron chi connectivity index (χ2n) is 9.50. The van der Waals surface area contributed by atoms with E-state index < -0.39 is 28.8 Å². The maximum atomic E-state index is 14.1. The molecule has 1 unspecified atom stereocenters. The van der Waals surface area contributed by atoms with Crippen molar-refractivity contribution in [1.82, 2.24) is 10.2 Å². The number of Topliss-reactive ketones (excluding diaryl/α,β-unsaturated/α-hetero) is 2. The van der Waals surface area contributed by atoms with Crippen LogP contribution in [0, 0.1) is 6.92 Å². The Labute approximate surface area is 224 Å². The van der Waals surface area contributed by atoms with Gasteiger partial charge in [-0.15, -0.1) is 0 Å². The molecule has 0 aromatic heterocycles. The van der Waals surface area contributed by atoms with Gasteiger partial charge in [0, 0.05) is 34.8 Å². The highest BCUT2D eigenvalue weighted by atomic mass is 35.5. The molecule has 1 atom stereocenters. The van der Waals surface area contributed by atoms with Crippen molar-refractivity contribution in [3.8, 4) is 5.75 Å². The lowest BCUT2D eigenvalue weighted by Crippen LogP contribution is -2.50. The van der Waals surface area contributed by atoms with Crippen LogP contribution in [0.5, 0.6) is 5.75 Å². The fourth-order valence-corrected chi connectivity index (χ4v) is 5.50. The Morgan fingerprint density at radius 3 is 2.53 bits per heavy atom. The minimum atomic E-state index is -1.99. The van der Waals surface area contributed by atoms with Crippen molar-refractivity contribution < 1.29 is 24.2 Å². The molecular formula is C30H23ClN2O5. The first kappa shape index (κ1) is 24.2. The number of ketones is 2. The Kier molecular flexibility index (Phi) is 5.70. The molecule has 0 bridgehead atoms. The lowest BCUT2D eigenvalue weighted by Gasteiger charge is -2.41. The normalized spacial score (nSPS) is 22.6. The fourth-order valence-electron chi connectivity index (χ4n) is 5.33. The van der Waals surface area contributed by atoms with Crippen molar-refractivity contribution in [3.05, 3.63) is 123 Å². The highest BCUT2D eigenvalue weighted by molar-refractivity contribution is 6.33. The first-order chi connectivity index (χ1) is 18.3. The number of carbonyl (C=O) groups is 3. The Morgan fingerprint density at radius 1 is 1.05 bits per heavy atom. The van der Waals surface area contributed by atoms with Crippen LogP contribution in [0.1, 0.15) is 38.3 Å². The van der Waals surface area contributed by atoms with Crippen LogP contribution < -0.4 is 10.1 Å². The number of aliphatic hydroxyl groups is 1. The zero-order valence-electron chi connectivity index (χ0n) is 20.5. The second kappa shape index (κ2) is 8.97. The molecular weight excluding hydrogens is 504 g/mol. The Bertz CT molecular complexity index is 1580. The standard InChI is InChI=1S/C30H23ClN2O5/c1-17-8-10-19(11-9-17)30(37)25(24-27(35)21-16-20(31)12-13-22(21)38-29(24)36)23(28-32-14-5-15-33(28)30)26(34)18-6-3-2-4-7-18/h2-4,6-13,16,32,37H,5,14-15H2,1H3. The molecule has 1 saturated heterocycles. The molecule has 3 aliphatic rings. The van der Waals surface area contributed by atoms with E-state index in [9.17, 15) is 19.5 Å². The Hall–Kier alpha value is -4.20. The number of rotatable bonds is 3. The molecule has 8 heteroatoms. The van der Waals surface area contributed by atoms with Gasteiger partial charge >= 0.3 is 5.97 Å². The minimum Gasteiger partial charge on any atom is -0.422 e. The maximum Gasteiger partial charge on any atom is 0.348 e. The van der Waals surface area contributed by atoms with E-state index in [-0.39, 0.29) is 27.5 Å². The predicted molar refractivity (Wildman–Crippen MR) is 141 cm³/mol. The smallest absolute Gasteiger partial charge is 0.348 e. The van der Waals surface area contributed by atoms with Gasteiger partial charge in [0.15, 0.2) is 11.5 Å². The lowest BCUT2D eigenvalue weighted by molar-refractivity contribution is -0.130. The van der Waals surface area contributed by atoms with Gasteiger partial charge in [0.2, 0.25) is 5.78 Å². The van der Waals surface area contributed by atoms with Crippen LogP contribution in [0.4, 0.5) is 0 Å². The first-order valence-corrected chi connectivity index (χ1v) is 12.6. The lowest BCUT2D eigenvalue weighted by atomic mass is 9.82. The highest BCUT2D eigenvalue weighted by Gasteiger charge is 2.56. The zero-order chi connectivity index (χ0) is 26.6. The van der Waals surface area contributed by atoms with Crippen molar-refractivity contribution in [1.29, 1.82) is 0 Å². The van der Waals surface area contributed by atoms with Gasteiger partial charge in [-0.3, -0.25) is 9.59 Å². The number of aryl methyl sites for hydroxylation is 1. The number of fused-ring (bicyclic) bond motifs is 2. The average molecular weight is 527 g/mol. The van der Waals surface area contributed by atoms with Crippen LogP contribution in [0.2, 0.25) is 5.02 Å². The summed E-state index contributed by atoms with van der Waals surface area (Å²) in [5, 5.41) is 16.2. The number of ether oxygens (including phenoxy) is 1. The van der Waals surface area contributed by atoms with Gasteiger partial charge in [-0.05, 0) is 31.5 Å². The zero-order valence-corrected chi connectivity index (χ0v) is 21.2. The number of carbonyl (C=O) groups excluding carboxylic acids is 3. The van der Waals surface area contributed by atoms with Crippen LogP contribution in [-0.2, 0) is 10.5 Å². The van der Waals surface area contributed by atoms with Crippen molar-refractivity contribution >= 4 is 29.1 Å². The van der Waals surface area contributed by atoms with E-state index >= 15 is 0 Å². The molecule has 190 valence electrons. The van der Waals surface area contributed by atoms with Crippen LogP contribution >= 0.6 is 11.6 Å². The van der Waals surface area contributed by atoms with Crippen LogP contribution in [0.15, 0.2) is 95.3 Å². The molecule has 0 spiro atoms. The van der Waals surface area contributed by atoms with E-state index in [1.807, 2.05) is 19.1 Å². The van der Waals surface area contributed by atoms with Gasteiger partial charge < -0.3 is 20.1 Å². The summed E-state index contributed by atoms with van der Waals surface area (Å²) in [5.74, 6) is -1.59. The monoisotopic (exact) mass is 526 g/mol. The fraction of sp³-hybridized carbons (Fsp3) is 0.167. The number of benzene rings is 3. The van der Waals surface area contributed by atoms with Gasteiger partial charge in [0.25, 0.3) is 0 Å². The quantitative estimate of drug-likeness (QED) is 0.173. The van der Waals surface area contributed by atoms with E-state index in [1.54, 1.807) is 47.4 Å². The van der Waals surface area contributed by atoms with Gasteiger partial charge in [-0.25, -0.2) is 4.79 Å². The topological polar surface area (TPSA) is 95.9 Å². The molecule has 0 aliphatic carbocycles. The molecule has 6 rings (SSSR count). The molecule has 0 saturated carbocycles. The summed E-state index contributed by atoms with van der Waals surface area (Å²) in [5.41, 5.74) is -0.604. The molecule has 1 fully saturated rings. The van der Waals surface area contributed by atoms with E-state index in [0.29, 0.717) is 36.5 Å². The number of hydrogen-bond donors (Lipinski definition) is 2. The summed E-state index contributed by atoms with van der Waals surface area (Å²) in [4.78, 5) is 43.2. The number of nitrogens with one attached hydrogen (secondary N) is 1. The van der Waals surface area contributed by atoms with Crippen molar-refractivity contribution in [3.63, 3.8) is 0 Å². The average Bonchev–Trinajstić information content (AvgIpc) is 3.19. The first-order valence-electron chi connectivity index (χ1n) is 12.3. The minimum absolute atomic E-state index is 0.0600. The SMILES string of the molecule is Cc1ccc(C2(O)C(=C3C(=O)Oc4ccc(Cl)cc4C3=O)C(C(=O)c3ccccc3)=C3NCCCN32)cc1. The molecule has 3 aromatic carbocycles. The van der Waals surface area contributed by atoms with Gasteiger partial charge in [0.1, 0.15) is 17.1 Å². The summed E-state index contributed by atoms with van der Waals surface area (Å²) in [6.45, 7) is 2.86. The van der Waals surface area contributed by atoms with E-state index in [0.717, 1.165) is 5.56 Å². The summed E-state index contributed by atoms with van der Waals surface area (Å²) in [6.07, 6.45) is 0.671. The van der Waals surface area contributed by atoms with E-state index in [1.165, 1.54) is 18.2 Å². The molecule has 3 heterocycles. The molecule has 0 radical (unpaired) electrons. The van der Waals surface area contributed by atoms with Crippen LogP contribution in [0.3, 0.4) is 0 Å². The largest absolute Gasteiger partial charge is 0.422 e. The van der Waals surface area contributed by atoms with Crippen molar-refractivity contribution in [2.24, 2.45) is 0 Å². The summed E-state index contributed by atoms with van der Waals surface area (Å²) < 4.78 is 5.56. The van der Waals surface area contributed by atoms with Crippen molar-refractivity contribution in [2.75, 3.05) is 13.1 Å². The van der Waals surface area contributed by atoms with Gasteiger partial charge in [-0.1, -0.05) is 71.8 Å². The number of hydrogen-bond acceptors (Lipinski definition) is 7. The van der Waals surface area contributed by atoms with Gasteiger partial charge in [-0.2, -0.15) is 0 Å². The van der Waals surface area contributed by atoms with E-state index in [2.05, 4.69) is 5.32 Å². The number of esters is 1. The Balaban J connectivity index is 1.68. The highest BCUT2D eigenvalue weighted by Crippen LogP contribution is 2.50. The van der Waals surface area contributed by atoms with Crippen molar-refractivity contribution in [2.45, 2.75) is 19.1 Å². The summed E-state index contributed by atoms with van der Waals surface area (Å²) in [6, 6.07) is 20.1. The molecule has 2 N–H and O–H groups in total. The maximum absolute atomic E-state index is 14.1. The van der Waals surface area contributed by atoms with E-state index in [4.69, 9.17) is 16.3 Å². The molecule has 3 aromatic rings. The molecule has 3 aliphatic heterocycles. The number of halogens is 1. The van der Waals surface area contributed by atoms with Crippen LogP contribution in [-0.4, -0.2) is 40.6 Å². The van der Waals surface area contributed by atoms with Gasteiger partial charge in [0.05, 0.1) is 11.1 Å². The Morgan fingerprint density at radius 2 is 1.79 bits per heavy atom. The molecule has 0 amide bonds. The third-order valence-electron chi connectivity index (χ3n) is 7.13.